The Hall–Kier alpha value is -1.75. The number of nitrogens with two attached hydrogens (primary N) is 1. The van der Waals surface area contributed by atoms with E-state index in [1.165, 1.54) is 0 Å². The number of nitrogens with zero attached hydrogens (tertiary/aromatic N) is 2. The Labute approximate surface area is 113 Å². The number of morpholine rings is 1. The molecule has 5 heteroatoms. The van der Waals surface area contributed by atoms with E-state index in [4.69, 9.17) is 15.7 Å². The van der Waals surface area contributed by atoms with Crippen LogP contribution in [0, 0.1) is 6.92 Å². The average Bonchev–Trinajstić information content (AvgIpc) is 2.36. The van der Waals surface area contributed by atoms with Crippen molar-refractivity contribution in [3.8, 4) is 0 Å². The highest BCUT2D eigenvalue weighted by atomic mass is 16.5. The van der Waals surface area contributed by atoms with Crippen molar-refractivity contribution >= 4 is 11.5 Å². The molecular weight excluding hydrogens is 242 g/mol. The highest BCUT2D eigenvalue weighted by Gasteiger charge is 2.24. The molecule has 0 saturated carbocycles. The van der Waals surface area contributed by atoms with Crippen molar-refractivity contribution in [3.63, 3.8) is 0 Å². The van der Waals surface area contributed by atoms with Crippen LogP contribution in [0.25, 0.3) is 0 Å². The molecule has 1 aliphatic rings. The topological polar surface area (TPSA) is 71.1 Å². The molecule has 1 saturated heterocycles. The molecule has 0 aliphatic carbocycles. The molecule has 0 radical (unpaired) electrons. The fourth-order valence-electron chi connectivity index (χ4n) is 2.55. The monoisotopic (exact) mass is 263 g/mol. The van der Waals surface area contributed by atoms with Gasteiger partial charge in [0.15, 0.2) is 5.84 Å². The standard InChI is InChI=1S/C14H21N3O2/c1-9-4-5-12(14(15)16-18)13(6-9)17-7-10(2)19-11(3)8-17/h4-6,10-11,18H,7-8H2,1-3H3,(H2,15,16). The zero-order chi connectivity index (χ0) is 14.0. The molecule has 3 N–H and O–H groups in total. The van der Waals surface area contributed by atoms with E-state index >= 15 is 0 Å². The zero-order valence-electron chi connectivity index (χ0n) is 11.6. The van der Waals surface area contributed by atoms with Gasteiger partial charge in [-0.25, -0.2) is 0 Å². The average molecular weight is 263 g/mol. The van der Waals surface area contributed by atoms with Gasteiger partial charge in [-0.1, -0.05) is 11.2 Å². The van der Waals surface area contributed by atoms with Crippen molar-refractivity contribution in [2.45, 2.75) is 33.0 Å². The van der Waals surface area contributed by atoms with Crippen LogP contribution in [-0.4, -0.2) is 36.3 Å². The van der Waals surface area contributed by atoms with Crippen molar-refractivity contribution in [1.82, 2.24) is 0 Å². The van der Waals surface area contributed by atoms with Crippen LogP contribution in [-0.2, 0) is 4.74 Å². The molecule has 1 heterocycles. The van der Waals surface area contributed by atoms with Gasteiger partial charge in [0, 0.05) is 24.3 Å². The Morgan fingerprint density at radius 1 is 1.37 bits per heavy atom. The number of amidine groups is 1. The van der Waals surface area contributed by atoms with E-state index in [-0.39, 0.29) is 18.0 Å². The Morgan fingerprint density at radius 3 is 2.58 bits per heavy atom. The molecule has 0 spiro atoms. The minimum Gasteiger partial charge on any atom is -0.409 e. The number of benzene rings is 1. The van der Waals surface area contributed by atoms with Crippen LogP contribution in [0.3, 0.4) is 0 Å². The van der Waals surface area contributed by atoms with Crippen molar-refractivity contribution in [2.75, 3.05) is 18.0 Å². The number of aryl methyl sites for hydroxylation is 1. The molecular formula is C14H21N3O2. The molecule has 104 valence electrons. The summed E-state index contributed by atoms with van der Waals surface area (Å²) in [6, 6.07) is 5.92. The van der Waals surface area contributed by atoms with Crippen LogP contribution >= 0.6 is 0 Å². The maximum Gasteiger partial charge on any atom is 0.172 e. The van der Waals surface area contributed by atoms with Crippen LogP contribution in [0.4, 0.5) is 5.69 Å². The number of ether oxygens (including phenoxy) is 1. The second-order valence-electron chi connectivity index (χ2n) is 5.17. The van der Waals surface area contributed by atoms with Crippen LogP contribution in [0.5, 0.6) is 0 Å². The maximum absolute atomic E-state index is 8.90. The van der Waals surface area contributed by atoms with Gasteiger partial charge in [0.2, 0.25) is 0 Å². The van der Waals surface area contributed by atoms with Gasteiger partial charge in [0.1, 0.15) is 0 Å². The summed E-state index contributed by atoms with van der Waals surface area (Å²) in [6.45, 7) is 7.76. The van der Waals surface area contributed by atoms with Crippen molar-refractivity contribution in [3.05, 3.63) is 29.3 Å². The van der Waals surface area contributed by atoms with Crippen LogP contribution < -0.4 is 10.6 Å². The summed E-state index contributed by atoms with van der Waals surface area (Å²) >= 11 is 0. The van der Waals surface area contributed by atoms with Gasteiger partial charge < -0.3 is 20.6 Å². The molecule has 1 aromatic rings. The predicted molar refractivity (Wildman–Crippen MR) is 75.9 cm³/mol. The quantitative estimate of drug-likeness (QED) is 0.369. The second-order valence-corrected chi connectivity index (χ2v) is 5.17. The summed E-state index contributed by atoms with van der Waals surface area (Å²) in [5.74, 6) is 0.141. The molecule has 0 amide bonds. The third-order valence-electron chi connectivity index (χ3n) is 3.30. The van der Waals surface area contributed by atoms with Gasteiger partial charge in [-0.3, -0.25) is 0 Å². The van der Waals surface area contributed by atoms with Crippen molar-refractivity contribution in [1.29, 1.82) is 0 Å². The van der Waals surface area contributed by atoms with Gasteiger partial charge in [0.05, 0.1) is 12.2 Å². The van der Waals surface area contributed by atoms with Gasteiger partial charge in [-0.2, -0.15) is 0 Å². The number of rotatable bonds is 2. The predicted octanol–water partition coefficient (Wildman–Crippen LogP) is 1.70. The Balaban J connectivity index is 2.39. The molecule has 0 bridgehead atoms. The summed E-state index contributed by atoms with van der Waals surface area (Å²) in [6.07, 6.45) is 0.341. The summed E-state index contributed by atoms with van der Waals surface area (Å²) in [4.78, 5) is 2.24. The van der Waals surface area contributed by atoms with Gasteiger partial charge in [0.25, 0.3) is 0 Å². The third kappa shape index (κ3) is 2.98. The summed E-state index contributed by atoms with van der Waals surface area (Å²) in [5, 5.41) is 12.0. The smallest absolute Gasteiger partial charge is 0.172 e. The lowest BCUT2D eigenvalue weighted by Gasteiger charge is -2.37. The van der Waals surface area contributed by atoms with E-state index < -0.39 is 0 Å². The Morgan fingerprint density at radius 2 is 2.00 bits per heavy atom. The number of oxime groups is 1. The molecule has 2 rings (SSSR count). The molecule has 19 heavy (non-hydrogen) atoms. The van der Waals surface area contributed by atoms with E-state index in [1.807, 2.05) is 19.1 Å². The number of hydrogen-bond donors (Lipinski definition) is 2. The van der Waals surface area contributed by atoms with Crippen molar-refractivity contribution in [2.24, 2.45) is 10.9 Å². The van der Waals surface area contributed by atoms with Gasteiger partial charge >= 0.3 is 0 Å². The third-order valence-corrected chi connectivity index (χ3v) is 3.30. The molecule has 1 fully saturated rings. The zero-order valence-corrected chi connectivity index (χ0v) is 11.6. The van der Waals surface area contributed by atoms with E-state index in [9.17, 15) is 0 Å². The first kappa shape index (κ1) is 13.7. The summed E-state index contributed by atoms with van der Waals surface area (Å²) in [5.41, 5.74) is 8.67. The second kappa shape index (κ2) is 5.48. The maximum atomic E-state index is 8.90. The van der Waals surface area contributed by atoms with Crippen LogP contribution in [0.15, 0.2) is 23.4 Å². The van der Waals surface area contributed by atoms with E-state index in [2.05, 4.69) is 30.0 Å². The first-order chi connectivity index (χ1) is 9.01. The molecule has 0 aromatic heterocycles. The lowest BCUT2D eigenvalue weighted by atomic mass is 10.1. The molecule has 2 unspecified atom stereocenters. The lowest BCUT2D eigenvalue weighted by molar-refractivity contribution is -0.00522. The molecule has 1 aromatic carbocycles. The largest absolute Gasteiger partial charge is 0.409 e. The first-order valence-corrected chi connectivity index (χ1v) is 6.50. The van der Waals surface area contributed by atoms with E-state index in [0.717, 1.165) is 29.9 Å². The summed E-state index contributed by atoms with van der Waals surface area (Å²) < 4.78 is 5.74. The molecule has 5 nitrogen and oxygen atoms in total. The number of anilines is 1. The summed E-state index contributed by atoms with van der Waals surface area (Å²) in [7, 11) is 0. The molecule has 1 aliphatic heterocycles. The van der Waals surface area contributed by atoms with E-state index in [0.29, 0.717) is 0 Å². The van der Waals surface area contributed by atoms with Crippen molar-refractivity contribution < 1.29 is 9.94 Å². The van der Waals surface area contributed by atoms with Gasteiger partial charge in [-0.15, -0.1) is 0 Å². The fraction of sp³-hybridized carbons (Fsp3) is 0.500. The van der Waals surface area contributed by atoms with Gasteiger partial charge in [-0.05, 0) is 38.5 Å². The highest BCUT2D eigenvalue weighted by Crippen LogP contribution is 2.25. The minimum atomic E-state index is 0.141. The Bertz CT molecular complexity index is 478. The minimum absolute atomic E-state index is 0.141. The fourth-order valence-corrected chi connectivity index (χ4v) is 2.55. The van der Waals surface area contributed by atoms with Crippen LogP contribution in [0.1, 0.15) is 25.0 Å². The highest BCUT2D eigenvalue weighted by molar-refractivity contribution is 6.02. The SMILES string of the molecule is Cc1ccc(C(N)=NO)c(N2CC(C)OC(C)C2)c1. The normalized spacial score (nSPS) is 24.6. The van der Waals surface area contributed by atoms with Crippen LogP contribution in [0.2, 0.25) is 0 Å². The number of hydrogen-bond acceptors (Lipinski definition) is 4. The lowest BCUT2D eigenvalue weighted by Crippen LogP contribution is -2.46. The Kier molecular flexibility index (Phi) is 3.95. The van der Waals surface area contributed by atoms with E-state index in [1.54, 1.807) is 0 Å². The molecule has 2 atom stereocenters. The first-order valence-electron chi connectivity index (χ1n) is 6.50.